The fourth-order valence-corrected chi connectivity index (χ4v) is 4.99. The van der Waals surface area contributed by atoms with Crippen molar-refractivity contribution in [3.05, 3.63) is 89.1 Å². The van der Waals surface area contributed by atoms with Gasteiger partial charge >= 0.3 is 0 Å². The van der Waals surface area contributed by atoms with Gasteiger partial charge in [-0.05, 0) is 36.8 Å². The van der Waals surface area contributed by atoms with Crippen LogP contribution in [0.15, 0.2) is 66.7 Å². The van der Waals surface area contributed by atoms with Crippen LogP contribution in [0.3, 0.4) is 0 Å². The molecule has 1 aliphatic heterocycles. The minimum atomic E-state index is -0.367. The van der Waals surface area contributed by atoms with Crippen molar-refractivity contribution in [1.82, 2.24) is 9.47 Å². The van der Waals surface area contributed by atoms with Crippen molar-refractivity contribution in [2.45, 2.75) is 13.0 Å². The van der Waals surface area contributed by atoms with Crippen LogP contribution in [0.25, 0.3) is 10.9 Å². The number of methoxy groups -OCH3 is 2. The van der Waals surface area contributed by atoms with E-state index in [9.17, 15) is 9.59 Å². The highest BCUT2D eigenvalue weighted by molar-refractivity contribution is 6.04. The number of hydrogen-bond acceptors (Lipinski definition) is 4. The average Bonchev–Trinajstić information content (AvgIpc) is 3.29. The lowest BCUT2D eigenvalue weighted by molar-refractivity contribution is -0.117. The number of anilines is 1. The quantitative estimate of drug-likeness (QED) is 0.445. The summed E-state index contributed by atoms with van der Waals surface area (Å²) in [6.07, 6.45) is 0. The largest absolute Gasteiger partial charge is 0.497 e. The third-order valence-corrected chi connectivity index (χ3v) is 6.78. The van der Waals surface area contributed by atoms with Gasteiger partial charge in [0.05, 0.1) is 25.9 Å². The number of aromatic nitrogens is 1. The van der Waals surface area contributed by atoms with Crippen molar-refractivity contribution >= 4 is 28.4 Å². The number of hydrogen-bond donors (Lipinski definition) is 1. The standard InChI is InChI=1S/C28H27N3O4/c1-17-26(21-11-7-8-12-23(21)30(17)2)27-19-9-5-6-10-20(19)28(33)31(27)16-25(32)29-22-14-13-18(34-3)15-24(22)35-4/h5-15,27H,16H2,1-4H3,(H,29,32)/t27-/m0/s1. The maximum atomic E-state index is 13.5. The smallest absolute Gasteiger partial charge is 0.255 e. The van der Waals surface area contributed by atoms with Crippen LogP contribution in [0.2, 0.25) is 0 Å². The SMILES string of the molecule is COc1ccc(NC(=O)CN2C(=O)c3ccccc3[C@H]2c2c(C)n(C)c3ccccc23)c(OC)c1. The number of rotatable bonds is 6. The van der Waals surface area contributed by atoms with Gasteiger partial charge in [-0.2, -0.15) is 0 Å². The number of ether oxygens (including phenoxy) is 2. The summed E-state index contributed by atoms with van der Waals surface area (Å²) in [5, 5.41) is 3.97. The van der Waals surface area contributed by atoms with Gasteiger partial charge < -0.3 is 24.3 Å². The molecule has 0 saturated carbocycles. The van der Waals surface area contributed by atoms with E-state index >= 15 is 0 Å². The Morgan fingerprint density at radius 3 is 2.51 bits per heavy atom. The Hall–Kier alpha value is -4.26. The molecule has 7 nitrogen and oxygen atoms in total. The first-order valence-corrected chi connectivity index (χ1v) is 11.4. The van der Waals surface area contributed by atoms with Crippen LogP contribution in [0, 0.1) is 6.92 Å². The summed E-state index contributed by atoms with van der Waals surface area (Å²) < 4.78 is 12.8. The Morgan fingerprint density at radius 2 is 1.74 bits per heavy atom. The predicted molar refractivity (Wildman–Crippen MR) is 135 cm³/mol. The molecular weight excluding hydrogens is 442 g/mol. The molecule has 0 saturated heterocycles. The minimum Gasteiger partial charge on any atom is -0.497 e. The lowest BCUT2D eigenvalue weighted by Gasteiger charge is -2.26. The van der Waals surface area contributed by atoms with Gasteiger partial charge in [0.25, 0.3) is 5.91 Å². The van der Waals surface area contributed by atoms with E-state index in [2.05, 4.69) is 28.9 Å². The van der Waals surface area contributed by atoms with Crippen molar-refractivity contribution in [3.63, 3.8) is 0 Å². The zero-order chi connectivity index (χ0) is 24.7. The molecule has 35 heavy (non-hydrogen) atoms. The Labute approximate surface area is 203 Å². The van der Waals surface area contributed by atoms with Crippen LogP contribution < -0.4 is 14.8 Å². The molecule has 178 valence electrons. The van der Waals surface area contributed by atoms with Crippen LogP contribution in [0.4, 0.5) is 5.69 Å². The number of carbonyl (C=O) groups is 2. The van der Waals surface area contributed by atoms with Gasteiger partial charge in [0.15, 0.2) is 0 Å². The van der Waals surface area contributed by atoms with Crippen LogP contribution in [-0.2, 0) is 11.8 Å². The molecule has 0 unspecified atom stereocenters. The van der Waals surface area contributed by atoms with Crippen molar-refractivity contribution in [3.8, 4) is 11.5 Å². The average molecular weight is 470 g/mol. The highest BCUT2D eigenvalue weighted by Gasteiger charge is 2.40. The summed E-state index contributed by atoms with van der Waals surface area (Å²) in [5.41, 5.74) is 5.23. The third-order valence-electron chi connectivity index (χ3n) is 6.78. The van der Waals surface area contributed by atoms with Crippen LogP contribution in [0.1, 0.15) is 33.2 Å². The molecule has 0 radical (unpaired) electrons. The molecule has 4 aromatic rings. The molecule has 0 fully saturated rings. The first-order valence-electron chi connectivity index (χ1n) is 11.4. The first kappa shape index (κ1) is 22.5. The first-order chi connectivity index (χ1) is 16.9. The molecule has 2 heterocycles. The van der Waals surface area contributed by atoms with Gasteiger partial charge in [-0.15, -0.1) is 0 Å². The van der Waals surface area contributed by atoms with E-state index in [0.717, 1.165) is 27.7 Å². The number of nitrogens with one attached hydrogen (secondary N) is 1. The van der Waals surface area contributed by atoms with Crippen molar-refractivity contribution in [1.29, 1.82) is 0 Å². The Balaban J connectivity index is 1.53. The molecule has 1 atom stereocenters. The lowest BCUT2D eigenvalue weighted by atomic mass is 9.95. The molecule has 2 amide bonds. The second-order valence-electron chi connectivity index (χ2n) is 8.61. The summed E-state index contributed by atoms with van der Waals surface area (Å²) in [6.45, 7) is 1.96. The van der Waals surface area contributed by atoms with Crippen LogP contribution in [-0.4, -0.2) is 42.0 Å². The number of amides is 2. The summed E-state index contributed by atoms with van der Waals surface area (Å²) in [6, 6.07) is 20.6. The van der Waals surface area contributed by atoms with E-state index in [-0.39, 0.29) is 24.4 Å². The van der Waals surface area contributed by atoms with Crippen molar-refractivity contribution in [2.24, 2.45) is 7.05 Å². The van der Waals surface area contributed by atoms with E-state index in [4.69, 9.17) is 9.47 Å². The van der Waals surface area contributed by atoms with Crippen molar-refractivity contribution in [2.75, 3.05) is 26.1 Å². The van der Waals surface area contributed by atoms with Crippen LogP contribution >= 0.6 is 0 Å². The van der Waals surface area contributed by atoms with Gasteiger partial charge in [-0.25, -0.2) is 0 Å². The number of aryl methyl sites for hydroxylation is 1. The fraction of sp³-hybridized carbons (Fsp3) is 0.214. The number of fused-ring (bicyclic) bond motifs is 2. The normalized spacial score (nSPS) is 14.8. The number of nitrogens with zero attached hydrogens (tertiary/aromatic N) is 2. The third kappa shape index (κ3) is 3.69. The molecule has 0 aliphatic carbocycles. The zero-order valence-electron chi connectivity index (χ0n) is 20.2. The van der Waals surface area contributed by atoms with E-state index in [1.54, 1.807) is 30.2 Å². The zero-order valence-corrected chi connectivity index (χ0v) is 20.2. The van der Waals surface area contributed by atoms with Gasteiger partial charge in [0, 0.05) is 40.8 Å². The molecule has 1 aromatic heterocycles. The predicted octanol–water partition coefficient (Wildman–Crippen LogP) is 4.69. The molecule has 3 aromatic carbocycles. The molecule has 1 aliphatic rings. The van der Waals surface area contributed by atoms with Gasteiger partial charge in [0.2, 0.25) is 5.91 Å². The Kier molecular flexibility index (Phi) is 5.68. The van der Waals surface area contributed by atoms with Crippen molar-refractivity contribution < 1.29 is 19.1 Å². The molecule has 1 N–H and O–H groups in total. The lowest BCUT2D eigenvalue weighted by Crippen LogP contribution is -2.36. The van der Waals surface area contributed by atoms with Crippen LogP contribution in [0.5, 0.6) is 11.5 Å². The fourth-order valence-electron chi connectivity index (χ4n) is 4.99. The van der Waals surface area contributed by atoms with E-state index in [0.29, 0.717) is 22.7 Å². The summed E-state index contributed by atoms with van der Waals surface area (Å²) in [7, 11) is 5.13. The second kappa shape index (κ2) is 8.83. The molecule has 5 rings (SSSR count). The molecular formula is C28H27N3O4. The Morgan fingerprint density at radius 1 is 1.00 bits per heavy atom. The highest BCUT2D eigenvalue weighted by atomic mass is 16.5. The van der Waals surface area contributed by atoms with E-state index in [1.165, 1.54) is 7.11 Å². The van der Waals surface area contributed by atoms with Gasteiger partial charge in [-0.3, -0.25) is 9.59 Å². The van der Waals surface area contributed by atoms with Gasteiger partial charge in [-0.1, -0.05) is 36.4 Å². The Bertz CT molecular complexity index is 1460. The maximum Gasteiger partial charge on any atom is 0.255 e. The topological polar surface area (TPSA) is 72.8 Å². The van der Waals surface area contributed by atoms with Gasteiger partial charge in [0.1, 0.15) is 18.0 Å². The number of carbonyl (C=O) groups excluding carboxylic acids is 2. The van der Waals surface area contributed by atoms with E-state index in [1.807, 2.05) is 43.4 Å². The summed E-state index contributed by atoms with van der Waals surface area (Å²) >= 11 is 0. The minimum absolute atomic E-state index is 0.101. The number of para-hydroxylation sites is 1. The molecule has 0 spiro atoms. The summed E-state index contributed by atoms with van der Waals surface area (Å²) in [5.74, 6) is 0.638. The number of benzene rings is 3. The summed E-state index contributed by atoms with van der Waals surface area (Å²) in [4.78, 5) is 28.4. The maximum absolute atomic E-state index is 13.5. The molecule has 7 heteroatoms. The highest BCUT2D eigenvalue weighted by Crippen LogP contribution is 2.43. The molecule has 0 bridgehead atoms. The van der Waals surface area contributed by atoms with E-state index < -0.39 is 0 Å². The monoisotopic (exact) mass is 469 g/mol. The second-order valence-corrected chi connectivity index (χ2v) is 8.61.